The Morgan fingerprint density at radius 2 is 1.91 bits per heavy atom. The van der Waals surface area contributed by atoms with Gasteiger partial charge < -0.3 is 10.2 Å². The van der Waals surface area contributed by atoms with E-state index in [4.69, 9.17) is 16.9 Å². The second kappa shape index (κ2) is 7.77. The summed E-state index contributed by atoms with van der Waals surface area (Å²) in [6, 6.07) is 16.4. The van der Waals surface area contributed by atoms with Crippen LogP contribution in [0.15, 0.2) is 48.5 Å². The predicted molar refractivity (Wildman–Crippen MR) is 91.3 cm³/mol. The molecule has 5 heteroatoms. The van der Waals surface area contributed by atoms with Crippen molar-refractivity contribution in [3.8, 4) is 6.07 Å². The highest BCUT2D eigenvalue weighted by molar-refractivity contribution is 6.30. The van der Waals surface area contributed by atoms with E-state index in [0.717, 1.165) is 10.5 Å². The average molecular weight is 329 g/mol. The lowest BCUT2D eigenvalue weighted by molar-refractivity contribution is -0.907. The van der Waals surface area contributed by atoms with Gasteiger partial charge in [0.25, 0.3) is 5.91 Å². The van der Waals surface area contributed by atoms with Gasteiger partial charge in [0.2, 0.25) is 0 Å². The first kappa shape index (κ1) is 17.0. The van der Waals surface area contributed by atoms with Gasteiger partial charge in [-0.25, -0.2) is 0 Å². The number of anilines is 1. The van der Waals surface area contributed by atoms with Crippen LogP contribution in [0, 0.1) is 11.3 Å². The van der Waals surface area contributed by atoms with Gasteiger partial charge in [-0.1, -0.05) is 35.9 Å². The molecular formula is C18H19ClN3O+. The lowest BCUT2D eigenvalue weighted by Gasteiger charge is -2.21. The molecule has 0 saturated carbocycles. The van der Waals surface area contributed by atoms with Crippen LogP contribution in [-0.4, -0.2) is 19.0 Å². The van der Waals surface area contributed by atoms with Crippen LogP contribution in [0.1, 0.15) is 18.1 Å². The van der Waals surface area contributed by atoms with Crippen molar-refractivity contribution in [2.45, 2.75) is 19.5 Å². The molecule has 2 aromatic rings. The molecule has 2 rings (SSSR count). The minimum atomic E-state index is -0.252. The second-order valence-electron chi connectivity index (χ2n) is 5.52. The number of hydrogen-bond donors (Lipinski definition) is 2. The van der Waals surface area contributed by atoms with Crippen molar-refractivity contribution in [2.75, 3.05) is 12.4 Å². The quantitative estimate of drug-likeness (QED) is 0.884. The number of halogens is 1. The molecule has 0 heterocycles. The van der Waals surface area contributed by atoms with E-state index >= 15 is 0 Å². The lowest BCUT2D eigenvalue weighted by Crippen LogP contribution is -3.12. The number of nitriles is 1. The number of likely N-dealkylation sites (N-methyl/N-ethyl adjacent to an activating group) is 1. The molecule has 0 spiro atoms. The molecule has 0 bridgehead atoms. The predicted octanol–water partition coefficient (Wildman–Crippen LogP) is 2.25. The Balaban J connectivity index is 2.01. The molecule has 4 nitrogen and oxygen atoms in total. The highest BCUT2D eigenvalue weighted by Crippen LogP contribution is 2.13. The minimum absolute atomic E-state index is 0.112. The summed E-state index contributed by atoms with van der Waals surface area (Å²) in [7, 11) is 1.97. The van der Waals surface area contributed by atoms with Crippen LogP contribution < -0.4 is 10.2 Å². The number of nitrogens with one attached hydrogen (secondary N) is 2. The van der Waals surface area contributed by atoms with Gasteiger partial charge >= 0.3 is 0 Å². The third-order valence-corrected chi connectivity index (χ3v) is 4.09. The largest absolute Gasteiger partial charge is 0.324 e. The molecule has 2 aromatic carbocycles. The Hall–Kier alpha value is -2.35. The van der Waals surface area contributed by atoms with Crippen molar-refractivity contribution in [3.05, 3.63) is 64.7 Å². The third kappa shape index (κ3) is 4.56. The number of carbonyl (C=O) groups excluding carboxylic acids is 1. The number of nitrogens with zero attached hydrogens (tertiary/aromatic N) is 1. The molecule has 0 saturated heterocycles. The summed E-state index contributed by atoms with van der Waals surface area (Å²) in [5.74, 6) is -0.112. The summed E-state index contributed by atoms with van der Waals surface area (Å²) in [5.41, 5.74) is 2.12. The molecule has 2 N–H and O–H groups in total. The number of benzene rings is 2. The van der Waals surface area contributed by atoms with E-state index in [0.29, 0.717) is 22.8 Å². The van der Waals surface area contributed by atoms with Crippen LogP contribution in [0.3, 0.4) is 0 Å². The van der Waals surface area contributed by atoms with Crippen LogP contribution in [0.2, 0.25) is 5.02 Å². The first-order chi connectivity index (χ1) is 11.0. The molecule has 0 radical (unpaired) electrons. The third-order valence-electron chi connectivity index (χ3n) is 3.83. The van der Waals surface area contributed by atoms with E-state index < -0.39 is 0 Å². The molecule has 0 aliphatic heterocycles. The van der Waals surface area contributed by atoms with E-state index in [1.165, 1.54) is 0 Å². The fourth-order valence-electron chi connectivity index (χ4n) is 2.23. The van der Waals surface area contributed by atoms with Crippen LogP contribution >= 0.6 is 11.6 Å². The van der Waals surface area contributed by atoms with Gasteiger partial charge in [0.1, 0.15) is 12.6 Å². The number of rotatable bonds is 5. The Morgan fingerprint density at radius 1 is 1.26 bits per heavy atom. The Morgan fingerprint density at radius 3 is 2.57 bits per heavy atom. The van der Waals surface area contributed by atoms with Crippen LogP contribution in [0.25, 0.3) is 0 Å². The molecule has 0 fully saturated rings. The maximum absolute atomic E-state index is 12.4. The first-order valence-corrected chi connectivity index (χ1v) is 7.76. The van der Waals surface area contributed by atoms with Crippen molar-refractivity contribution in [3.63, 3.8) is 0 Å². The smallest absolute Gasteiger partial charge is 0.282 e. The van der Waals surface area contributed by atoms with Crippen molar-refractivity contribution in [1.82, 2.24) is 0 Å². The van der Waals surface area contributed by atoms with Crippen molar-refractivity contribution < 1.29 is 9.69 Å². The highest BCUT2D eigenvalue weighted by atomic mass is 35.5. The average Bonchev–Trinajstić information content (AvgIpc) is 2.56. The van der Waals surface area contributed by atoms with Gasteiger partial charge in [0, 0.05) is 10.6 Å². The minimum Gasteiger partial charge on any atom is -0.324 e. The van der Waals surface area contributed by atoms with E-state index in [1.807, 2.05) is 38.2 Å². The summed E-state index contributed by atoms with van der Waals surface area (Å²) < 4.78 is 0. The van der Waals surface area contributed by atoms with Gasteiger partial charge in [-0.3, -0.25) is 4.79 Å². The molecule has 1 unspecified atom stereocenters. The maximum atomic E-state index is 12.4. The number of amides is 1. The molecule has 0 aliphatic rings. The highest BCUT2D eigenvalue weighted by Gasteiger charge is 2.22. The van der Waals surface area contributed by atoms with Crippen molar-refractivity contribution in [2.24, 2.45) is 0 Å². The molecule has 23 heavy (non-hydrogen) atoms. The standard InChI is InChI=1S/C18H18ClN3O/c1-13(22(2)12-14-7-9-16(19)10-8-14)18(23)21-17-6-4-3-5-15(17)11-20/h3-10,13H,12H2,1-2H3,(H,21,23)/p+1/t13-/m0/s1. The molecular weight excluding hydrogens is 310 g/mol. The van der Waals surface area contributed by atoms with Gasteiger partial charge in [-0.05, 0) is 31.2 Å². The molecule has 1 amide bonds. The Kier molecular flexibility index (Phi) is 5.75. The number of carbonyl (C=O) groups is 1. The zero-order valence-corrected chi connectivity index (χ0v) is 13.9. The van der Waals surface area contributed by atoms with Crippen molar-refractivity contribution in [1.29, 1.82) is 5.26 Å². The Bertz CT molecular complexity index is 722. The normalized spacial score (nSPS) is 13.0. The maximum Gasteiger partial charge on any atom is 0.282 e. The fraction of sp³-hybridized carbons (Fsp3) is 0.222. The number of quaternary nitrogens is 1. The number of hydrogen-bond acceptors (Lipinski definition) is 2. The SMILES string of the molecule is C[C@@H](C(=O)Nc1ccccc1C#N)[NH+](C)Cc1ccc(Cl)cc1. The zero-order valence-electron chi connectivity index (χ0n) is 13.1. The summed E-state index contributed by atoms with van der Waals surface area (Å²) in [6.45, 7) is 2.58. The van der Waals surface area contributed by atoms with Crippen molar-refractivity contribution >= 4 is 23.2 Å². The van der Waals surface area contributed by atoms with Gasteiger partial charge in [0.15, 0.2) is 6.04 Å². The zero-order chi connectivity index (χ0) is 16.8. The van der Waals surface area contributed by atoms with E-state index in [9.17, 15) is 4.79 Å². The lowest BCUT2D eigenvalue weighted by atomic mass is 10.1. The monoisotopic (exact) mass is 328 g/mol. The summed E-state index contributed by atoms with van der Waals surface area (Å²) in [4.78, 5) is 13.5. The van der Waals surface area contributed by atoms with E-state index in [2.05, 4.69) is 11.4 Å². The topological polar surface area (TPSA) is 57.3 Å². The van der Waals surface area contributed by atoms with E-state index in [-0.39, 0.29) is 11.9 Å². The summed E-state index contributed by atoms with van der Waals surface area (Å²) >= 11 is 5.88. The Labute approximate surface area is 141 Å². The fourth-order valence-corrected chi connectivity index (χ4v) is 2.36. The van der Waals surface area contributed by atoms with E-state index in [1.54, 1.807) is 24.3 Å². The van der Waals surface area contributed by atoms with Gasteiger partial charge in [-0.15, -0.1) is 0 Å². The molecule has 0 aromatic heterocycles. The van der Waals surface area contributed by atoms with Gasteiger partial charge in [0.05, 0.1) is 18.3 Å². The van der Waals surface area contributed by atoms with Crippen LogP contribution in [0.5, 0.6) is 0 Å². The number of para-hydroxylation sites is 1. The van der Waals surface area contributed by atoms with Crippen LogP contribution in [-0.2, 0) is 11.3 Å². The summed E-state index contributed by atoms with van der Waals surface area (Å²) in [5, 5.41) is 12.6. The second-order valence-corrected chi connectivity index (χ2v) is 5.95. The molecule has 118 valence electrons. The summed E-state index contributed by atoms with van der Waals surface area (Å²) in [6.07, 6.45) is 0. The molecule has 0 aliphatic carbocycles. The molecule has 2 atom stereocenters. The van der Waals surface area contributed by atoms with Gasteiger partial charge in [-0.2, -0.15) is 5.26 Å². The first-order valence-electron chi connectivity index (χ1n) is 7.38. The van der Waals surface area contributed by atoms with Crippen LogP contribution in [0.4, 0.5) is 5.69 Å².